The molecule has 2 aromatic rings. The molecule has 0 aliphatic heterocycles. The van der Waals surface area contributed by atoms with Gasteiger partial charge in [0.1, 0.15) is 17.2 Å². The van der Waals surface area contributed by atoms with E-state index in [0.29, 0.717) is 5.75 Å². The maximum atomic E-state index is 11.7. The Morgan fingerprint density at radius 1 is 1.04 bits per heavy atom. The van der Waals surface area contributed by atoms with Crippen molar-refractivity contribution in [3.8, 4) is 17.2 Å². The van der Waals surface area contributed by atoms with Gasteiger partial charge in [0.25, 0.3) is 5.91 Å². The summed E-state index contributed by atoms with van der Waals surface area (Å²) in [7, 11) is 3.18. The van der Waals surface area contributed by atoms with E-state index >= 15 is 0 Å². The molecule has 0 bridgehead atoms. The minimum absolute atomic E-state index is 0.123. The molecule has 0 atom stereocenters. The number of amides is 1. The van der Waals surface area contributed by atoms with Crippen LogP contribution in [0.5, 0.6) is 17.2 Å². The van der Waals surface area contributed by atoms with E-state index in [4.69, 9.17) is 14.2 Å². The Kier molecular flexibility index (Phi) is 5.99. The number of ether oxygens (including phenoxy) is 3. The van der Waals surface area contributed by atoms with Gasteiger partial charge in [0.15, 0.2) is 6.61 Å². The molecular weight excluding hydrogens is 296 g/mol. The highest BCUT2D eigenvalue weighted by Crippen LogP contribution is 2.16. The van der Waals surface area contributed by atoms with Crippen molar-refractivity contribution in [2.24, 2.45) is 5.10 Å². The predicted molar refractivity (Wildman–Crippen MR) is 87.2 cm³/mol. The second-order valence-electron chi connectivity index (χ2n) is 4.53. The van der Waals surface area contributed by atoms with Gasteiger partial charge in [-0.1, -0.05) is 12.1 Å². The van der Waals surface area contributed by atoms with Crippen LogP contribution in [0.4, 0.5) is 0 Å². The molecule has 0 saturated heterocycles. The fourth-order valence-electron chi connectivity index (χ4n) is 1.75. The van der Waals surface area contributed by atoms with Crippen LogP contribution >= 0.6 is 0 Å². The van der Waals surface area contributed by atoms with Crippen LogP contribution in [0.2, 0.25) is 0 Å². The lowest BCUT2D eigenvalue weighted by Crippen LogP contribution is -2.24. The maximum Gasteiger partial charge on any atom is 0.277 e. The summed E-state index contributed by atoms with van der Waals surface area (Å²) in [5.41, 5.74) is 3.22. The third kappa shape index (κ3) is 5.35. The van der Waals surface area contributed by atoms with Gasteiger partial charge in [-0.2, -0.15) is 5.10 Å². The Hall–Kier alpha value is -3.02. The van der Waals surface area contributed by atoms with Crippen LogP contribution in [-0.4, -0.2) is 32.9 Å². The van der Waals surface area contributed by atoms with E-state index in [1.54, 1.807) is 38.5 Å². The van der Waals surface area contributed by atoms with Crippen molar-refractivity contribution in [1.29, 1.82) is 0 Å². The summed E-state index contributed by atoms with van der Waals surface area (Å²) in [6.45, 7) is -0.123. The van der Waals surface area contributed by atoms with Crippen molar-refractivity contribution in [1.82, 2.24) is 5.43 Å². The Balaban J connectivity index is 1.78. The molecule has 0 saturated carbocycles. The highest BCUT2D eigenvalue weighted by Gasteiger charge is 2.01. The normalized spacial score (nSPS) is 10.3. The molecule has 120 valence electrons. The number of methoxy groups -OCH3 is 2. The number of carbonyl (C=O) groups is 1. The summed E-state index contributed by atoms with van der Waals surface area (Å²) in [6.07, 6.45) is 1.54. The second kappa shape index (κ2) is 8.43. The monoisotopic (exact) mass is 314 g/mol. The fourth-order valence-corrected chi connectivity index (χ4v) is 1.75. The van der Waals surface area contributed by atoms with Gasteiger partial charge < -0.3 is 14.2 Å². The molecule has 0 heterocycles. The molecule has 0 spiro atoms. The molecule has 0 aliphatic rings. The van der Waals surface area contributed by atoms with Crippen molar-refractivity contribution in [3.63, 3.8) is 0 Å². The van der Waals surface area contributed by atoms with Crippen LogP contribution in [0.25, 0.3) is 0 Å². The summed E-state index contributed by atoms with van der Waals surface area (Å²) in [5.74, 6) is 1.69. The molecule has 2 rings (SSSR count). The lowest BCUT2D eigenvalue weighted by atomic mass is 10.2. The maximum absolute atomic E-state index is 11.7. The zero-order valence-corrected chi connectivity index (χ0v) is 13.0. The van der Waals surface area contributed by atoms with E-state index in [1.165, 1.54) is 6.21 Å². The van der Waals surface area contributed by atoms with E-state index in [-0.39, 0.29) is 12.5 Å². The first-order valence-electron chi connectivity index (χ1n) is 6.94. The number of benzene rings is 2. The first-order chi connectivity index (χ1) is 11.2. The topological polar surface area (TPSA) is 69.2 Å². The highest BCUT2D eigenvalue weighted by atomic mass is 16.5. The van der Waals surface area contributed by atoms with Gasteiger partial charge in [-0.05, 0) is 42.0 Å². The van der Waals surface area contributed by atoms with Crippen LogP contribution in [0.3, 0.4) is 0 Å². The molecule has 6 heteroatoms. The molecule has 23 heavy (non-hydrogen) atoms. The molecule has 0 aromatic heterocycles. The predicted octanol–water partition coefficient (Wildman–Crippen LogP) is 2.23. The summed E-state index contributed by atoms with van der Waals surface area (Å²) in [5, 5.41) is 3.88. The van der Waals surface area contributed by atoms with Gasteiger partial charge in [-0.25, -0.2) is 5.43 Å². The van der Waals surface area contributed by atoms with Crippen molar-refractivity contribution in [2.75, 3.05) is 20.8 Å². The lowest BCUT2D eigenvalue weighted by molar-refractivity contribution is -0.123. The Bertz CT molecular complexity index is 669. The lowest BCUT2D eigenvalue weighted by Gasteiger charge is -2.06. The second-order valence-corrected chi connectivity index (χ2v) is 4.53. The standard InChI is InChI=1S/C17H18N2O4/c1-21-14-6-8-15(9-7-14)23-12-17(20)19-18-11-13-4-3-5-16(10-13)22-2/h3-11H,12H2,1-2H3,(H,19,20)/b18-11-. The third-order valence-corrected chi connectivity index (χ3v) is 2.93. The van der Waals surface area contributed by atoms with Crippen LogP contribution < -0.4 is 19.6 Å². The number of nitrogens with zero attached hydrogens (tertiary/aromatic N) is 1. The fraction of sp³-hybridized carbons (Fsp3) is 0.176. The van der Waals surface area contributed by atoms with E-state index in [1.807, 2.05) is 24.3 Å². The number of hydrazone groups is 1. The van der Waals surface area contributed by atoms with E-state index in [0.717, 1.165) is 17.1 Å². The molecule has 0 unspecified atom stereocenters. The Labute approximate surface area is 134 Å². The first-order valence-corrected chi connectivity index (χ1v) is 6.94. The molecule has 0 fully saturated rings. The van der Waals surface area contributed by atoms with E-state index < -0.39 is 0 Å². The summed E-state index contributed by atoms with van der Waals surface area (Å²) in [4.78, 5) is 11.7. The van der Waals surface area contributed by atoms with Crippen molar-refractivity contribution in [2.45, 2.75) is 0 Å². The van der Waals surface area contributed by atoms with E-state index in [9.17, 15) is 4.79 Å². The molecule has 1 amide bonds. The van der Waals surface area contributed by atoms with Crippen LogP contribution in [0, 0.1) is 0 Å². The van der Waals surface area contributed by atoms with Gasteiger partial charge in [-0.15, -0.1) is 0 Å². The number of carbonyl (C=O) groups excluding carboxylic acids is 1. The molecular formula is C17H18N2O4. The summed E-state index contributed by atoms with van der Waals surface area (Å²) < 4.78 is 15.5. The number of nitrogens with one attached hydrogen (secondary N) is 1. The number of hydrogen-bond acceptors (Lipinski definition) is 5. The molecule has 2 aromatic carbocycles. The molecule has 1 N–H and O–H groups in total. The molecule has 0 radical (unpaired) electrons. The largest absolute Gasteiger partial charge is 0.497 e. The van der Waals surface area contributed by atoms with Gasteiger partial charge >= 0.3 is 0 Å². The average Bonchev–Trinajstić information content (AvgIpc) is 2.60. The van der Waals surface area contributed by atoms with E-state index in [2.05, 4.69) is 10.5 Å². The Morgan fingerprint density at radius 3 is 2.43 bits per heavy atom. The average molecular weight is 314 g/mol. The van der Waals surface area contributed by atoms with Gasteiger partial charge in [-0.3, -0.25) is 4.79 Å². The van der Waals surface area contributed by atoms with Crippen molar-refractivity contribution in [3.05, 3.63) is 54.1 Å². The molecule has 0 aliphatic carbocycles. The van der Waals surface area contributed by atoms with Crippen LogP contribution in [0.15, 0.2) is 53.6 Å². The summed E-state index contributed by atoms with van der Waals surface area (Å²) in [6, 6.07) is 14.3. The van der Waals surface area contributed by atoms with Crippen LogP contribution in [-0.2, 0) is 4.79 Å². The zero-order valence-electron chi connectivity index (χ0n) is 13.0. The minimum Gasteiger partial charge on any atom is -0.497 e. The minimum atomic E-state index is -0.347. The SMILES string of the molecule is COc1ccc(OCC(=O)N/N=C\c2cccc(OC)c2)cc1. The van der Waals surface area contributed by atoms with Crippen molar-refractivity contribution < 1.29 is 19.0 Å². The van der Waals surface area contributed by atoms with Gasteiger partial charge in [0.05, 0.1) is 20.4 Å². The van der Waals surface area contributed by atoms with Gasteiger partial charge in [0, 0.05) is 0 Å². The van der Waals surface area contributed by atoms with Crippen LogP contribution in [0.1, 0.15) is 5.56 Å². The first kappa shape index (κ1) is 16.4. The number of hydrogen-bond donors (Lipinski definition) is 1. The number of rotatable bonds is 7. The zero-order chi connectivity index (χ0) is 16.5. The van der Waals surface area contributed by atoms with Gasteiger partial charge in [0.2, 0.25) is 0 Å². The third-order valence-electron chi connectivity index (χ3n) is 2.93. The smallest absolute Gasteiger partial charge is 0.277 e. The Morgan fingerprint density at radius 2 is 1.74 bits per heavy atom. The highest BCUT2D eigenvalue weighted by molar-refractivity contribution is 5.83. The summed E-state index contributed by atoms with van der Waals surface area (Å²) >= 11 is 0. The van der Waals surface area contributed by atoms with Crippen molar-refractivity contribution >= 4 is 12.1 Å². The quantitative estimate of drug-likeness (QED) is 0.628. The molecule has 6 nitrogen and oxygen atoms in total.